The molecule has 0 N–H and O–H groups in total. The van der Waals surface area contributed by atoms with Crippen molar-refractivity contribution in [3.8, 4) is 0 Å². The third kappa shape index (κ3) is 3.51. The number of piperazine rings is 1. The Labute approximate surface area is 171 Å². The quantitative estimate of drug-likeness (QED) is 0.794. The van der Waals surface area contributed by atoms with Gasteiger partial charge in [0.05, 0.1) is 19.8 Å². The van der Waals surface area contributed by atoms with E-state index in [2.05, 4.69) is 29.2 Å². The van der Waals surface area contributed by atoms with Gasteiger partial charge in [0, 0.05) is 44.8 Å². The standard InChI is InChI=1S/C23H27N3O3/c27-21(16-24-12-14-29-15-13-24)25-8-10-26(11-9-25)23(28)20-7-6-18-5-4-17-2-1-3-19(20)22(17)18/h1-3,6-7H,4-5,8-16H2. The molecule has 2 heterocycles. The Morgan fingerprint density at radius 3 is 2.28 bits per heavy atom. The van der Waals surface area contributed by atoms with Crippen LogP contribution in [0.25, 0.3) is 10.8 Å². The maximum absolute atomic E-state index is 13.3. The number of benzene rings is 2. The monoisotopic (exact) mass is 393 g/mol. The second kappa shape index (κ2) is 7.76. The fourth-order valence-electron chi connectivity index (χ4n) is 4.81. The summed E-state index contributed by atoms with van der Waals surface area (Å²) in [5, 5.41) is 2.35. The van der Waals surface area contributed by atoms with Crippen LogP contribution >= 0.6 is 0 Å². The average molecular weight is 393 g/mol. The first-order valence-electron chi connectivity index (χ1n) is 10.6. The van der Waals surface area contributed by atoms with Gasteiger partial charge < -0.3 is 14.5 Å². The molecule has 2 aromatic rings. The fraction of sp³-hybridized carbons (Fsp3) is 0.478. The molecule has 6 nitrogen and oxygen atoms in total. The van der Waals surface area contributed by atoms with Crippen molar-refractivity contribution in [1.29, 1.82) is 0 Å². The predicted molar refractivity (Wildman–Crippen MR) is 111 cm³/mol. The van der Waals surface area contributed by atoms with E-state index >= 15 is 0 Å². The number of nitrogens with zero attached hydrogens (tertiary/aromatic N) is 3. The zero-order valence-corrected chi connectivity index (χ0v) is 16.7. The van der Waals surface area contributed by atoms with E-state index < -0.39 is 0 Å². The molecule has 0 atom stereocenters. The summed E-state index contributed by atoms with van der Waals surface area (Å²) >= 11 is 0. The Morgan fingerprint density at radius 2 is 1.52 bits per heavy atom. The van der Waals surface area contributed by atoms with Crippen molar-refractivity contribution >= 4 is 22.6 Å². The lowest BCUT2D eigenvalue weighted by molar-refractivity contribution is -0.134. The number of amides is 2. The van der Waals surface area contributed by atoms with E-state index in [-0.39, 0.29) is 11.8 Å². The largest absolute Gasteiger partial charge is 0.379 e. The summed E-state index contributed by atoms with van der Waals surface area (Å²) < 4.78 is 5.35. The van der Waals surface area contributed by atoms with Crippen LogP contribution in [0.5, 0.6) is 0 Å². The highest BCUT2D eigenvalue weighted by Gasteiger charge is 2.28. The van der Waals surface area contributed by atoms with Crippen molar-refractivity contribution in [2.45, 2.75) is 12.8 Å². The molecule has 2 fully saturated rings. The van der Waals surface area contributed by atoms with Gasteiger partial charge in [0.25, 0.3) is 5.91 Å². The van der Waals surface area contributed by atoms with Crippen LogP contribution in [0.1, 0.15) is 21.5 Å². The van der Waals surface area contributed by atoms with Crippen LogP contribution in [-0.2, 0) is 22.4 Å². The Hall–Kier alpha value is -2.44. The lowest BCUT2D eigenvalue weighted by Crippen LogP contribution is -2.53. The number of morpholine rings is 1. The summed E-state index contributed by atoms with van der Waals surface area (Å²) in [6, 6.07) is 10.4. The number of aryl methyl sites for hydroxylation is 2. The molecule has 29 heavy (non-hydrogen) atoms. The molecule has 2 aliphatic heterocycles. The van der Waals surface area contributed by atoms with E-state index in [1.807, 2.05) is 15.9 Å². The zero-order chi connectivity index (χ0) is 19.8. The van der Waals surface area contributed by atoms with Gasteiger partial charge in [-0.05, 0) is 40.8 Å². The smallest absolute Gasteiger partial charge is 0.254 e. The van der Waals surface area contributed by atoms with Gasteiger partial charge in [0.2, 0.25) is 5.91 Å². The first-order chi connectivity index (χ1) is 14.2. The Kier molecular flexibility index (Phi) is 4.97. The first kappa shape index (κ1) is 18.6. The van der Waals surface area contributed by atoms with Crippen LogP contribution in [-0.4, -0.2) is 85.5 Å². The van der Waals surface area contributed by atoms with Crippen molar-refractivity contribution in [3.05, 3.63) is 47.0 Å². The lowest BCUT2D eigenvalue weighted by Gasteiger charge is -2.36. The van der Waals surface area contributed by atoms with Crippen molar-refractivity contribution in [2.24, 2.45) is 0 Å². The maximum atomic E-state index is 13.3. The van der Waals surface area contributed by atoms with Gasteiger partial charge in [-0.15, -0.1) is 0 Å². The molecule has 2 aromatic carbocycles. The molecule has 0 aromatic heterocycles. The number of hydrogen-bond acceptors (Lipinski definition) is 4. The third-order valence-electron chi connectivity index (χ3n) is 6.49. The SMILES string of the molecule is O=C(CN1CCOCC1)N1CCN(C(=O)c2ccc3c4c(cccc24)CC3)CC1. The van der Waals surface area contributed by atoms with Crippen molar-refractivity contribution in [2.75, 3.05) is 59.0 Å². The summed E-state index contributed by atoms with van der Waals surface area (Å²) in [6.45, 7) is 5.88. The molecule has 0 saturated carbocycles. The molecule has 0 radical (unpaired) electrons. The summed E-state index contributed by atoms with van der Waals surface area (Å²) in [4.78, 5) is 31.8. The van der Waals surface area contributed by atoms with Crippen molar-refractivity contribution in [3.63, 3.8) is 0 Å². The minimum atomic E-state index is 0.0841. The number of rotatable bonds is 3. The van der Waals surface area contributed by atoms with Crippen molar-refractivity contribution in [1.82, 2.24) is 14.7 Å². The van der Waals surface area contributed by atoms with Gasteiger partial charge in [-0.2, -0.15) is 0 Å². The fourth-order valence-corrected chi connectivity index (χ4v) is 4.81. The molecular formula is C23H27N3O3. The molecule has 6 heteroatoms. The zero-order valence-electron chi connectivity index (χ0n) is 16.7. The summed E-state index contributed by atoms with van der Waals surface area (Å²) in [5.74, 6) is 0.241. The topological polar surface area (TPSA) is 53.1 Å². The summed E-state index contributed by atoms with van der Waals surface area (Å²) in [7, 11) is 0. The molecule has 5 rings (SSSR count). The normalized spacial score (nSPS) is 19.7. The van der Waals surface area contributed by atoms with E-state index in [1.54, 1.807) is 0 Å². The molecule has 152 valence electrons. The van der Waals surface area contributed by atoms with E-state index in [4.69, 9.17) is 4.74 Å². The highest BCUT2D eigenvalue weighted by molar-refractivity contribution is 6.09. The summed E-state index contributed by atoms with van der Waals surface area (Å²) in [5.41, 5.74) is 3.50. The van der Waals surface area contributed by atoms with E-state index in [0.717, 1.165) is 36.9 Å². The van der Waals surface area contributed by atoms with Crippen LogP contribution in [0.15, 0.2) is 30.3 Å². The maximum Gasteiger partial charge on any atom is 0.254 e. The molecule has 0 bridgehead atoms. The van der Waals surface area contributed by atoms with E-state index in [0.29, 0.717) is 45.9 Å². The summed E-state index contributed by atoms with van der Waals surface area (Å²) in [6.07, 6.45) is 2.13. The first-order valence-corrected chi connectivity index (χ1v) is 10.6. The Morgan fingerprint density at radius 1 is 0.828 bits per heavy atom. The van der Waals surface area contributed by atoms with E-state index in [1.165, 1.54) is 16.5 Å². The van der Waals surface area contributed by atoms with Gasteiger partial charge in [-0.25, -0.2) is 0 Å². The number of carbonyl (C=O) groups excluding carboxylic acids is 2. The lowest BCUT2D eigenvalue weighted by atomic mass is 9.99. The molecule has 3 aliphatic rings. The average Bonchev–Trinajstić information content (AvgIpc) is 3.19. The van der Waals surface area contributed by atoms with Crippen LogP contribution in [0.2, 0.25) is 0 Å². The van der Waals surface area contributed by atoms with E-state index in [9.17, 15) is 9.59 Å². The van der Waals surface area contributed by atoms with Crippen LogP contribution in [0, 0.1) is 0 Å². The highest BCUT2D eigenvalue weighted by atomic mass is 16.5. The van der Waals surface area contributed by atoms with Gasteiger partial charge in [0.1, 0.15) is 0 Å². The molecule has 1 aliphatic carbocycles. The minimum absolute atomic E-state index is 0.0841. The minimum Gasteiger partial charge on any atom is -0.379 e. The van der Waals surface area contributed by atoms with Crippen LogP contribution < -0.4 is 0 Å². The van der Waals surface area contributed by atoms with Crippen LogP contribution in [0.4, 0.5) is 0 Å². The van der Waals surface area contributed by atoms with Gasteiger partial charge in [-0.3, -0.25) is 14.5 Å². The second-order valence-corrected chi connectivity index (χ2v) is 8.17. The molecular weight excluding hydrogens is 366 g/mol. The number of hydrogen-bond donors (Lipinski definition) is 0. The molecule has 0 unspecified atom stereocenters. The second-order valence-electron chi connectivity index (χ2n) is 8.17. The van der Waals surface area contributed by atoms with Gasteiger partial charge in [-0.1, -0.05) is 24.3 Å². The predicted octanol–water partition coefficient (Wildman–Crippen LogP) is 1.55. The van der Waals surface area contributed by atoms with Gasteiger partial charge >= 0.3 is 0 Å². The third-order valence-corrected chi connectivity index (χ3v) is 6.49. The molecule has 2 saturated heterocycles. The van der Waals surface area contributed by atoms with Crippen LogP contribution in [0.3, 0.4) is 0 Å². The number of ether oxygens (including phenoxy) is 1. The number of carbonyl (C=O) groups is 2. The Balaban J connectivity index is 1.25. The highest BCUT2D eigenvalue weighted by Crippen LogP contribution is 2.33. The molecule has 0 spiro atoms. The van der Waals surface area contributed by atoms with Gasteiger partial charge in [0.15, 0.2) is 0 Å². The Bertz CT molecular complexity index is 934. The van der Waals surface area contributed by atoms with Crippen molar-refractivity contribution < 1.29 is 14.3 Å². The molecule has 2 amide bonds.